The molecule has 0 aliphatic heterocycles. The van der Waals surface area contributed by atoms with Gasteiger partial charge in [-0.1, -0.05) is 53.5 Å². The highest BCUT2D eigenvalue weighted by molar-refractivity contribution is 6.42. The SMILES string of the molecule is CC(=O)N(CC(=O)NCCc1ccccc1)c1ccc(Cl)c(Cl)c1. The Labute approximate surface area is 151 Å². The Balaban J connectivity index is 1.93. The maximum Gasteiger partial charge on any atom is 0.240 e. The Kier molecular flexibility index (Phi) is 6.64. The van der Waals surface area contributed by atoms with Gasteiger partial charge in [0.1, 0.15) is 6.54 Å². The third-order valence-corrected chi connectivity index (χ3v) is 4.21. The number of amides is 2. The fourth-order valence-electron chi connectivity index (χ4n) is 2.23. The van der Waals surface area contributed by atoms with Gasteiger partial charge in [-0.2, -0.15) is 0 Å². The van der Waals surface area contributed by atoms with Gasteiger partial charge in [-0.15, -0.1) is 0 Å². The minimum atomic E-state index is -0.244. The Morgan fingerprint density at radius 1 is 1.04 bits per heavy atom. The van der Waals surface area contributed by atoms with Crippen LogP contribution in [-0.2, 0) is 16.0 Å². The lowest BCUT2D eigenvalue weighted by Gasteiger charge is -2.21. The maximum atomic E-state index is 12.1. The molecule has 24 heavy (non-hydrogen) atoms. The number of anilines is 1. The molecule has 1 N–H and O–H groups in total. The first-order valence-corrected chi connectivity index (χ1v) is 8.26. The Bertz CT molecular complexity index is 720. The zero-order valence-corrected chi connectivity index (χ0v) is 14.8. The van der Waals surface area contributed by atoms with E-state index in [1.165, 1.54) is 11.8 Å². The zero-order chi connectivity index (χ0) is 17.5. The molecule has 0 heterocycles. The molecule has 126 valence electrons. The third-order valence-electron chi connectivity index (χ3n) is 3.48. The second-order valence-corrected chi connectivity index (χ2v) is 6.10. The molecule has 4 nitrogen and oxygen atoms in total. The smallest absolute Gasteiger partial charge is 0.240 e. The van der Waals surface area contributed by atoms with Crippen molar-refractivity contribution in [2.45, 2.75) is 13.3 Å². The number of rotatable bonds is 6. The lowest BCUT2D eigenvalue weighted by molar-refractivity contribution is -0.123. The Morgan fingerprint density at radius 3 is 2.38 bits per heavy atom. The standard InChI is InChI=1S/C18H18Cl2N2O2/c1-13(23)22(15-7-8-16(19)17(20)11-15)12-18(24)21-10-9-14-5-3-2-4-6-14/h2-8,11H,9-10,12H2,1H3,(H,21,24). The third kappa shape index (κ3) is 5.25. The normalized spacial score (nSPS) is 10.3. The number of halogens is 2. The maximum absolute atomic E-state index is 12.1. The summed E-state index contributed by atoms with van der Waals surface area (Å²) in [6.07, 6.45) is 0.736. The summed E-state index contributed by atoms with van der Waals surface area (Å²) in [6.45, 7) is 1.85. The Hall–Kier alpha value is -2.04. The van der Waals surface area contributed by atoms with Crippen LogP contribution in [0.5, 0.6) is 0 Å². The molecule has 0 saturated heterocycles. The second-order valence-electron chi connectivity index (χ2n) is 5.29. The van der Waals surface area contributed by atoms with Gasteiger partial charge in [0, 0.05) is 19.2 Å². The number of carbonyl (C=O) groups excluding carboxylic acids is 2. The molecule has 0 spiro atoms. The molecule has 0 bridgehead atoms. The molecular formula is C18H18Cl2N2O2. The predicted octanol–water partition coefficient (Wildman–Crippen LogP) is 3.71. The molecule has 2 aromatic rings. The average molecular weight is 365 g/mol. The fourth-order valence-corrected chi connectivity index (χ4v) is 2.52. The molecule has 2 rings (SSSR count). The number of nitrogens with one attached hydrogen (secondary N) is 1. The monoisotopic (exact) mass is 364 g/mol. The van der Waals surface area contributed by atoms with Crippen molar-refractivity contribution in [3.05, 3.63) is 64.1 Å². The van der Waals surface area contributed by atoms with E-state index in [0.29, 0.717) is 22.3 Å². The molecule has 0 radical (unpaired) electrons. The first kappa shape index (κ1) is 18.3. The van der Waals surface area contributed by atoms with E-state index in [1.807, 2.05) is 30.3 Å². The van der Waals surface area contributed by atoms with Gasteiger partial charge < -0.3 is 10.2 Å². The summed E-state index contributed by atoms with van der Waals surface area (Å²) in [7, 11) is 0. The van der Waals surface area contributed by atoms with Crippen molar-refractivity contribution in [2.24, 2.45) is 0 Å². The van der Waals surface area contributed by atoms with Crippen molar-refractivity contribution < 1.29 is 9.59 Å². The van der Waals surface area contributed by atoms with Crippen LogP contribution in [0.15, 0.2) is 48.5 Å². The van der Waals surface area contributed by atoms with Gasteiger partial charge in [0.2, 0.25) is 11.8 Å². The van der Waals surface area contributed by atoms with E-state index in [1.54, 1.807) is 18.2 Å². The van der Waals surface area contributed by atoms with Crippen molar-refractivity contribution in [2.75, 3.05) is 18.0 Å². The van der Waals surface area contributed by atoms with Gasteiger partial charge in [-0.05, 0) is 30.2 Å². The van der Waals surface area contributed by atoms with Gasteiger partial charge in [0.05, 0.1) is 10.0 Å². The van der Waals surface area contributed by atoms with Crippen LogP contribution in [0.1, 0.15) is 12.5 Å². The van der Waals surface area contributed by atoms with Crippen LogP contribution >= 0.6 is 23.2 Å². The van der Waals surface area contributed by atoms with Crippen molar-refractivity contribution >= 4 is 40.7 Å². The van der Waals surface area contributed by atoms with Gasteiger partial charge in [0.25, 0.3) is 0 Å². The van der Waals surface area contributed by atoms with Gasteiger partial charge in [-0.25, -0.2) is 0 Å². The molecule has 0 aliphatic carbocycles. The predicted molar refractivity (Wildman–Crippen MR) is 97.6 cm³/mol. The molecule has 0 fully saturated rings. The highest BCUT2D eigenvalue weighted by Crippen LogP contribution is 2.27. The van der Waals surface area contributed by atoms with Crippen LogP contribution in [0.2, 0.25) is 10.0 Å². The zero-order valence-electron chi connectivity index (χ0n) is 13.3. The summed E-state index contributed by atoms with van der Waals surface area (Å²) in [6, 6.07) is 14.7. The van der Waals surface area contributed by atoms with Crippen LogP contribution < -0.4 is 10.2 Å². The van der Waals surface area contributed by atoms with Crippen molar-refractivity contribution in [3.8, 4) is 0 Å². The molecule has 0 saturated carbocycles. The van der Waals surface area contributed by atoms with E-state index in [9.17, 15) is 9.59 Å². The second kappa shape index (κ2) is 8.71. The Morgan fingerprint density at radius 2 is 1.75 bits per heavy atom. The summed E-state index contributed by atoms with van der Waals surface area (Å²) >= 11 is 11.9. The molecule has 0 aromatic heterocycles. The van der Waals surface area contributed by atoms with Gasteiger partial charge in [0.15, 0.2) is 0 Å². The van der Waals surface area contributed by atoms with Gasteiger partial charge in [-0.3, -0.25) is 9.59 Å². The van der Waals surface area contributed by atoms with E-state index in [0.717, 1.165) is 12.0 Å². The molecular weight excluding hydrogens is 347 g/mol. The van der Waals surface area contributed by atoms with Crippen LogP contribution in [0.25, 0.3) is 0 Å². The molecule has 0 unspecified atom stereocenters. The van der Waals surface area contributed by atoms with Crippen molar-refractivity contribution in [1.29, 1.82) is 0 Å². The van der Waals surface area contributed by atoms with E-state index in [2.05, 4.69) is 5.32 Å². The number of carbonyl (C=O) groups is 2. The van der Waals surface area contributed by atoms with E-state index >= 15 is 0 Å². The first-order chi connectivity index (χ1) is 11.5. The topological polar surface area (TPSA) is 49.4 Å². The lowest BCUT2D eigenvalue weighted by Crippen LogP contribution is -2.40. The van der Waals surface area contributed by atoms with E-state index in [-0.39, 0.29) is 18.4 Å². The van der Waals surface area contributed by atoms with Crippen LogP contribution in [-0.4, -0.2) is 24.9 Å². The van der Waals surface area contributed by atoms with Crippen LogP contribution in [0, 0.1) is 0 Å². The highest BCUT2D eigenvalue weighted by Gasteiger charge is 2.16. The fraction of sp³-hybridized carbons (Fsp3) is 0.222. The van der Waals surface area contributed by atoms with Crippen molar-refractivity contribution in [1.82, 2.24) is 5.32 Å². The lowest BCUT2D eigenvalue weighted by atomic mass is 10.1. The van der Waals surface area contributed by atoms with Gasteiger partial charge >= 0.3 is 0 Å². The molecule has 0 atom stereocenters. The van der Waals surface area contributed by atoms with Crippen molar-refractivity contribution in [3.63, 3.8) is 0 Å². The number of nitrogens with zero attached hydrogens (tertiary/aromatic N) is 1. The summed E-state index contributed by atoms with van der Waals surface area (Å²) in [5, 5.41) is 3.56. The van der Waals surface area contributed by atoms with Crippen LogP contribution in [0.3, 0.4) is 0 Å². The summed E-state index contributed by atoms with van der Waals surface area (Å²) in [4.78, 5) is 25.3. The molecule has 0 aliphatic rings. The summed E-state index contributed by atoms with van der Waals surface area (Å²) in [5.41, 5.74) is 1.68. The first-order valence-electron chi connectivity index (χ1n) is 7.51. The summed E-state index contributed by atoms with van der Waals surface area (Å²) in [5.74, 6) is -0.473. The average Bonchev–Trinajstić information content (AvgIpc) is 2.56. The molecule has 6 heteroatoms. The largest absolute Gasteiger partial charge is 0.354 e. The van der Waals surface area contributed by atoms with E-state index in [4.69, 9.17) is 23.2 Å². The summed E-state index contributed by atoms with van der Waals surface area (Å²) < 4.78 is 0. The molecule has 2 amide bonds. The minimum Gasteiger partial charge on any atom is -0.354 e. The minimum absolute atomic E-state index is 0.0674. The highest BCUT2D eigenvalue weighted by atomic mass is 35.5. The quantitative estimate of drug-likeness (QED) is 0.849. The van der Waals surface area contributed by atoms with Crippen LogP contribution in [0.4, 0.5) is 5.69 Å². The van der Waals surface area contributed by atoms with E-state index < -0.39 is 0 Å². The number of benzene rings is 2. The number of hydrogen-bond acceptors (Lipinski definition) is 2. The number of hydrogen-bond donors (Lipinski definition) is 1. The molecule has 2 aromatic carbocycles.